The van der Waals surface area contributed by atoms with E-state index in [1.54, 1.807) is 18.2 Å². The molecule has 0 unspecified atom stereocenters. The van der Waals surface area contributed by atoms with E-state index in [4.69, 9.17) is 14.7 Å². The maximum absolute atomic E-state index is 12.9. The van der Waals surface area contributed by atoms with Crippen LogP contribution in [0, 0.1) is 11.3 Å². The lowest BCUT2D eigenvalue weighted by Crippen LogP contribution is -2.16. The molecule has 1 aromatic heterocycles. The molecule has 0 aliphatic rings. The van der Waals surface area contributed by atoms with Gasteiger partial charge in [0.05, 0.1) is 47.4 Å². The fourth-order valence-corrected chi connectivity index (χ4v) is 4.14. The van der Waals surface area contributed by atoms with Crippen LogP contribution >= 0.6 is 0 Å². The van der Waals surface area contributed by atoms with Gasteiger partial charge in [-0.3, -0.25) is 4.72 Å². The standard InChI is InChI=1S/C25H22N4O4S/c26-17-19-11-13-21(14-12-19)34(30,31)29-24-25(28-23-10-5-4-9-22(23)27-24)33-16-6-15-32-18-20-7-2-1-3-8-20/h1-5,7-14H,6,15-16,18H2,(H,27,29). The van der Waals surface area contributed by atoms with Crippen LogP contribution in [-0.2, 0) is 21.4 Å². The van der Waals surface area contributed by atoms with E-state index in [1.165, 1.54) is 24.3 Å². The lowest BCUT2D eigenvalue weighted by Gasteiger charge is -2.13. The van der Waals surface area contributed by atoms with Crippen LogP contribution in [-0.4, -0.2) is 31.6 Å². The van der Waals surface area contributed by atoms with E-state index in [1.807, 2.05) is 42.5 Å². The zero-order valence-corrected chi connectivity index (χ0v) is 19.0. The SMILES string of the molecule is N#Cc1ccc(S(=O)(=O)Nc2nc3ccccc3nc2OCCCOCc2ccccc2)cc1. The van der Waals surface area contributed by atoms with Gasteiger partial charge in [0.1, 0.15) is 0 Å². The molecule has 172 valence electrons. The van der Waals surface area contributed by atoms with E-state index in [-0.39, 0.29) is 23.2 Å². The van der Waals surface area contributed by atoms with Gasteiger partial charge in [0.25, 0.3) is 15.9 Å². The summed E-state index contributed by atoms with van der Waals surface area (Å²) in [6, 6.07) is 24.5. The van der Waals surface area contributed by atoms with Crippen LogP contribution in [0.5, 0.6) is 5.88 Å². The number of benzene rings is 3. The van der Waals surface area contributed by atoms with Gasteiger partial charge in [0.15, 0.2) is 0 Å². The molecule has 0 amide bonds. The minimum atomic E-state index is -3.97. The van der Waals surface area contributed by atoms with Gasteiger partial charge in [0.2, 0.25) is 5.82 Å². The number of anilines is 1. The topological polar surface area (TPSA) is 114 Å². The van der Waals surface area contributed by atoms with E-state index in [9.17, 15) is 8.42 Å². The smallest absolute Gasteiger partial charge is 0.263 e. The molecule has 0 atom stereocenters. The lowest BCUT2D eigenvalue weighted by molar-refractivity contribution is 0.107. The Morgan fingerprint density at radius 2 is 1.53 bits per heavy atom. The predicted molar refractivity (Wildman–Crippen MR) is 128 cm³/mol. The Hall–Kier alpha value is -4.00. The summed E-state index contributed by atoms with van der Waals surface area (Å²) < 4.78 is 39.7. The third kappa shape index (κ3) is 5.86. The van der Waals surface area contributed by atoms with Crippen molar-refractivity contribution in [1.29, 1.82) is 5.26 Å². The minimum absolute atomic E-state index is 0.00159. The number of para-hydroxylation sites is 2. The van der Waals surface area contributed by atoms with Crippen molar-refractivity contribution >= 4 is 26.9 Å². The van der Waals surface area contributed by atoms with Crippen molar-refractivity contribution in [2.75, 3.05) is 17.9 Å². The molecule has 9 heteroatoms. The highest BCUT2D eigenvalue weighted by Gasteiger charge is 2.20. The third-order valence-electron chi connectivity index (χ3n) is 4.85. The van der Waals surface area contributed by atoms with Crippen molar-refractivity contribution in [1.82, 2.24) is 9.97 Å². The monoisotopic (exact) mass is 474 g/mol. The number of rotatable bonds is 10. The summed E-state index contributed by atoms with van der Waals surface area (Å²) in [6.07, 6.45) is 0.586. The number of fused-ring (bicyclic) bond motifs is 1. The zero-order valence-electron chi connectivity index (χ0n) is 18.2. The lowest BCUT2D eigenvalue weighted by atomic mass is 10.2. The molecule has 34 heavy (non-hydrogen) atoms. The van der Waals surface area contributed by atoms with E-state index in [0.717, 1.165) is 5.56 Å². The second-order valence-electron chi connectivity index (χ2n) is 7.35. The molecule has 4 aromatic rings. The number of ether oxygens (including phenoxy) is 2. The van der Waals surface area contributed by atoms with Gasteiger partial charge < -0.3 is 9.47 Å². The van der Waals surface area contributed by atoms with Crippen molar-refractivity contribution < 1.29 is 17.9 Å². The largest absolute Gasteiger partial charge is 0.475 e. The third-order valence-corrected chi connectivity index (χ3v) is 6.20. The number of nitriles is 1. The summed E-state index contributed by atoms with van der Waals surface area (Å²) in [7, 11) is -3.97. The molecular formula is C25H22N4O4S. The van der Waals surface area contributed by atoms with Crippen LogP contribution in [0.1, 0.15) is 17.5 Å². The number of hydrogen-bond donors (Lipinski definition) is 1. The van der Waals surface area contributed by atoms with Gasteiger partial charge in [-0.25, -0.2) is 18.4 Å². The van der Waals surface area contributed by atoms with Crippen molar-refractivity contribution in [3.8, 4) is 11.9 Å². The molecule has 1 N–H and O–H groups in total. The average Bonchev–Trinajstić information content (AvgIpc) is 2.86. The summed E-state index contributed by atoms with van der Waals surface area (Å²) in [6.45, 7) is 1.25. The van der Waals surface area contributed by atoms with E-state index in [0.29, 0.717) is 36.2 Å². The number of nitrogens with zero attached hydrogens (tertiary/aromatic N) is 3. The van der Waals surface area contributed by atoms with Crippen molar-refractivity contribution in [2.24, 2.45) is 0 Å². The Balaban J connectivity index is 1.45. The summed E-state index contributed by atoms with van der Waals surface area (Å²) >= 11 is 0. The van der Waals surface area contributed by atoms with Crippen LogP contribution < -0.4 is 9.46 Å². The van der Waals surface area contributed by atoms with Gasteiger partial charge in [-0.15, -0.1) is 0 Å². The van der Waals surface area contributed by atoms with E-state index >= 15 is 0 Å². The molecule has 0 bridgehead atoms. The number of hydrogen-bond acceptors (Lipinski definition) is 7. The normalized spacial score (nSPS) is 11.1. The fourth-order valence-electron chi connectivity index (χ4n) is 3.14. The molecule has 1 heterocycles. The van der Waals surface area contributed by atoms with Gasteiger partial charge in [-0.05, 0) is 42.0 Å². The Morgan fingerprint density at radius 3 is 2.24 bits per heavy atom. The number of aromatic nitrogens is 2. The number of sulfonamides is 1. The average molecular weight is 475 g/mol. The number of nitrogens with one attached hydrogen (secondary N) is 1. The van der Waals surface area contributed by atoms with Crippen molar-refractivity contribution in [3.05, 3.63) is 90.0 Å². The second-order valence-corrected chi connectivity index (χ2v) is 9.03. The van der Waals surface area contributed by atoms with E-state index in [2.05, 4.69) is 14.7 Å². The van der Waals surface area contributed by atoms with Crippen LogP contribution in [0.15, 0.2) is 83.8 Å². The highest BCUT2D eigenvalue weighted by Crippen LogP contribution is 2.26. The molecule has 0 radical (unpaired) electrons. The summed E-state index contributed by atoms with van der Waals surface area (Å²) in [5, 5.41) is 8.94. The highest BCUT2D eigenvalue weighted by molar-refractivity contribution is 7.92. The summed E-state index contributed by atoms with van der Waals surface area (Å²) in [5.41, 5.74) is 2.56. The first-order valence-electron chi connectivity index (χ1n) is 10.6. The molecule has 0 aliphatic carbocycles. The molecule has 0 spiro atoms. The molecular weight excluding hydrogens is 452 g/mol. The second kappa shape index (κ2) is 10.7. The van der Waals surface area contributed by atoms with Gasteiger partial charge >= 0.3 is 0 Å². The summed E-state index contributed by atoms with van der Waals surface area (Å²) in [5.74, 6) is 0.0762. The molecule has 0 saturated heterocycles. The van der Waals surface area contributed by atoms with Crippen LogP contribution in [0.2, 0.25) is 0 Å². The molecule has 0 aliphatic heterocycles. The van der Waals surface area contributed by atoms with Crippen molar-refractivity contribution in [3.63, 3.8) is 0 Å². The maximum atomic E-state index is 12.9. The van der Waals surface area contributed by atoms with E-state index < -0.39 is 10.0 Å². The highest BCUT2D eigenvalue weighted by atomic mass is 32.2. The quantitative estimate of drug-likeness (QED) is 0.341. The van der Waals surface area contributed by atoms with Crippen LogP contribution in [0.3, 0.4) is 0 Å². The Morgan fingerprint density at radius 1 is 0.853 bits per heavy atom. The van der Waals surface area contributed by atoms with Crippen molar-refractivity contribution in [2.45, 2.75) is 17.9 Å². The molecule has 0 fully saturated rings. The Labute approximate surface area is 197 Å². The molecule has 3 aromatic carbocycles. The molecule has 4 rings (SSSR count). The summed E-state index contributed by atoms with van der Waals surface area (Å²) in [4.78, 5) is 8.86. The minimum Gasteiger partial charge on any atom is -0.475 e. The van der Waals surface area contributed by atoms with Crippen LogP contribution in [0.25, 0.3) is 11.0 Å². The fraction of sp³-hybridized carbons (Fsp3) is 0.160. The zero-order chi connectivity index (χ0) is 23.8. The Bertz CT molecular complexity index is 1400. The predicted octanol–water partition coefficient (Wildman–Crippen LogP) is 4.29. The van der Waals surface area contributed by atoms with Crippen LogP contribution in [0.4, 0.5) is 5.82 Å². The van der Waals surface area contributed by atoms with Gasteiger partial charge in [-0.2, -0.15) is 5.26 Å². The molecule has 0 saturated carbocycles. The first-order chi connectivity index (χ1) is 16.5. The molecule has 8 nitrogen and oxygen atoms in total. The van der Waals surface area contributed by atoms with Gasteiger partial charge in [0, 0.05) is 6.42 Å². The van der Waals surface area contributed by atoms with Gasteiger partial charge in [-0.1, -0.05) is 42.5 Å². The maximum Gasteiger partial charge on any atom is 0.263 e. The Kier molecular flexibility index (Phi) is 7.32. The first-order valence-corrected chi connectivity index (χ1v) is 12.1. The first kappa shape index (κ1) is 23.2.